The standard InChI is InChI=1S/C20H18N2O3S/c1-12-4-5-13(2)16(10-12)21-20-22-18(23)17(26-20)11-14-6-8-15(9-7-14)19(24)25-3/h4-11H,1-3H3,(H,21,22,23). The first-order valence-electron chi connectivity index (χ1n) is 8.01. The third-order valence-electron chi connectivity index (χ3n) is 3.87. The Bertz CT molecular complexity index is 931. The van der Waals surface area contributed by atoms with Crippen molar-refractivity contribution < 1.29 is 14.3 Å². The van der Waals surface area contributed by atoms with E-state index in [-0.39, 0.29) is 11.9 Å². The second-order valence-corrected chi connectivity index (χ2v) is 6.92. The van der Waals surface area contributed by atoms with Gasteiger partial charge in [-0.25, -0.2) is 9.79 Å². The Morgan fingerprint density at radius 1 is 1.15 bits per heavy atom. The van der Waals surface area contributed by atoms with Gasteiger partial charge in [0.15, 0.2) is 5.17 Å². The molecule has 0 radical (unpaired) electrons. The van der Waals surface area contributed by atoms with E-state index in [4.69, 9.17) is 0 Å². The summed E-state index contributed by atoms with van der Waals surface area (Å²) in [5.74, 6) is -0.573. The van der Waals surface area contributed by atoms with Crippen LogP contribution in [-0.2, 0) is 9.53 Å². The molecule has 0 saturated carbocycles. The molecule has 0 atom stereocenters. The predicted molar refractivity (Wildman–Crippen MR) is 105 cm³/mol. The number of esters is 1. The van der Waals surface area contributed by atoms with Crippen LogP contribution in [-0.4, -0.2) is 24.2 Å². The van der Waals surface area contributed by atoms with Gasteiger partial charge >= 0.3 is 5.97 Å². The number of thioether (sulfide) groups is 1. The number of hydrogen-bond acceptors (Lipinski definition) is 5. The van der Waals surface area contributed by atoms with Crippen LogP contribution in [0.25, 0.3) is 6.08 Å². The van der Waals surface area contributed by atoms with E-state index in [9.17, 15) is 9.59 Å². The van der Waals surface area contributed by atoms with Crippen LogP contribution >= 0.6 is 11.8 Å². The van der Waals surface area contributed by atoms with Gasteiger partial charge in [0.05, 0.1) is 23.3 Å². The summed E-state index contributed by atoms with van der Waals surface area (Å²) >= 11 is 1.30. The Hall–Kier alpha value is -2.86. The average molecular weight is 366 g/mol. The van der Waals surface area contributed by atoms with Gasteiger partial charge < -0.3 is 10.1 Å². The number of aliphatic imine (C=N–C) groups is 1. The maximum absolute atomic E-state index is 12.2. The van der Waals surface area contributed by atoms with E-state index >= 15 is 0 Å². The molecule has 1 fully saturated rings. The Kier molecular flexibility index (Phi) is 5.23. The highest BCUT2D eigenvalue weighted by molar-refractivity contribution is 8.18. The Morgan fingerprint density at radius 3 is 2.58 bits per heavy atom. The minimum atomic E-state index is -0.389. The van der Waals surface area contributed by atoms with Gasteiger partial charge in [-0.1, -0.05) is 24.3 Å². The Labute approximate surface area is 156 Å². The fourth-order valence-corrected chi connectivity index (χ4v) is 3.25. The Balaban J connectivity index is 1.81. The van der Waals surface area contributed by atoms with Gasteiger partial charge in [0.1, 0.15) is 0 Å². The maximum Gasteiger partial charge on any atom is 0.337 e. The van der Waals surface area contributed by atoms with Crippen molar-refractivity contribution in [3.8, 4) is 0 Å². The molecule has 0 spiro atoms. The number of methoxy groups -OCH3 is 1. The van der Waals surface area contributed by atoms with Crippen molar-refractivity contribution in [2.75, 3.05) is 7.11 Å². The molecule has 0 aliphatic carbocycles. The van der Waals surface area contributed by atoms with Gasteiger partial charge in [-0.2, -0.15) is 0 Å². The van der Waals surface area contributed by atoms with Crippen LogP contribution in [0.1, 0.15) is 27.0 Å². The first kappa shape index (κ1) is 17.9. The van der Waals surface area contributed by atoms with Gasteiger partial charge in [0.25, 0.3) is 5.91 Å². The molecule has 1 saturated heterocycles. The van der Waals surface area contributed by atoms with Gasteiger partial charge in [-0.15, -0.1) is 0 Å². The maximum atomic E-state index is 12.2. The average Bonchev–Trinajstić information content (AvgIpc) is 2.97. The molecule has 1 N–H and O–H groups in total. The van der Waals surface area contributed by atoms with Crippen molar-refractivity contribution in [1.29, 1.82) is 0 Å². The summed E-state index contributed by atoms with van der Waals surface area (Å²) in [6, 6.07) is 12.9. The number of amides is 1. The molecule has 1 amide bonds. The van der Waals surface area contributed by atoms with E-state index in [1.807, 2.05) is 32.0 Å². The molecule has 0 aromatic heterocycles. The minimum Gasteiger partial charge on any atom is -0.465 e. The molecule has 0 bridgehead atoms. The normalized spacial score (nSPS) is 16.8. The number of aryl methyl sites for hydroxylation is 2. The molecule has 5 nitrogen and oxygen atoms in total. The van der Waals surface area contributed by atoms with Gasteiger partial charge in [-0.3, -0.25) is 4.79 Å². The zero-order valence-corrected chi connectivity index (χ0v) is 15.5. The third kappa shape index (κ3) is 4.03. The quantitative estimate of drug-likeness (QED) is 0.659. The highest BCUT2D eigenvalue weighted by Gasteiger charge is 2.24. The summed E-state index contributed by atoms with van der Waals surface area (Å²) in [6.45, 7) is 3.99. The van der Waals surface area contributed by atoms with Crippen LogP contribution in [0.5, 0.6) is 0 Å². The zero-order valence-electron chi connectivity index (χ0n) is 14.7. The minimum absolute atomic E-state index is 0.184. The zero-order chi connectivity index (χ0) is 18.7. The summed E-state index contributed by atoms with van der Waals surface area (Å²) in [7, 11) is 1.34. The third-order valence-corrected chi connectivity index (χ3v) is 4.78. The highest BCUT2D eigenvalue weighted by atomic mass is 32.2. The fraction of sp³-hybridized carbons (Fsp3) is 0.150. The lowest BCUT2D eigenvalue weighted by Crippen LogP contribution is -2.19. The molecular formula is C20H18N2O3S. The molecule has 2 aromatic rings. The number of nitrogens with one attached hydrogen (secondary N) is 1. The largest absolute Gasteiger partial charge is 0.465 e. The molecular weight excluding hydrogens is 348 g/mol. The summed E-state index contributed by atoms with van der Waals surface area (Å²) in [5.41, 5.74) is 4.30. The van der Waals surface area contributed by atoms with Crippen LogP contribution in [0.4, 0.5) is 5.69 Å². The van der Waals surface area contributed by atoms with Gasteiger partial charge in [0, 0.05) is 0 Å². The number of ether oxygens (including phenoxy) is 1. The molecule has 26 heavy (non-hydrogen) atoms. The number of carbonyl (C=O) groups is 2. The Morgan fingerprint density at radius 2 is 1.88 bits per heavy atom. The van der Waals surface area contributed by atoms with Crippen molar-refractivity contribution in [1.82, 2.24) is 5.32 Å². The molecule has 6 heteroatoms. The van der Waals surface area contributed by atoms with Crippen LogP contribution in [0.3, 0.4) is 0 Å². The van der Waals surface area contributed by atoms with Gasteiger partial charge in [-0.05, 0) is 66.6 Å². The summed E-state index contributed by atoms with van der Waals surface area (Å²) < 4.78 is 4.68. The molecule has 0 unspecified atom stereocenters. The number of carbonyl (C=O) groups excluding carboxylic acids is 2. The first-order chi connectivity index (χ1) is 12.5. The van der Waals surface area contributed by atoms with E-state index in [0.717, 1.165) is 22.4 Å². The molecule has 132 valence electrons. The lowest BCUT2D eigenvalue weighted by molar-refractivity contribution is -0.115. The predicted octanol–water partition coefficient (Wildman–Crippen LogP) is 3.98. The number of hydrogen-bond donors (Lipinski definition) is 1. The lowest BCUT2D eigenvalue weighted by atomic mass is 10.1. The number of nitrogens with zero attached hydrogens (tertiary/aromatic N) is 1. The van der Waals surface area contributed by atoms with Crippen molar-refractivity contribution in [2.24, 2.45) is 4.99 Å². The summed E-state index contributed by atoms with van der Waals surface area (Å²) in [5, 5.41) is 3.35. The van der Waals surface area contributed by atoms with Crippen LogP contribution in [0.15, 0.2) is 52.4 Å². The summed E-state index contributed by atoms with van der Waals surface area (Å²) in [4.78, 5) is 28.8. The number of rotatable bonds is 3. The van der Waals surface area contributed by atoms with Crippen molar-refractivity contribution in [3.05, 3.63) is 69.6 Å². The van der Waals surface area contributed by atoms with E-state index in [1.54, 1.807) is 30.3 Å². The number of benzene rings is 2. The molecule has 1 aliphatic heterocycles. The van der Waals surface area contributed by atoms with E-state index in [0.29, 0.717) is 15.6 Å². The SMILES string of the molecule is COC(=O)c1ccc(C=C2SC(=Nc3cc(C)ccc3C)NC2=O)cc1. The van der Waals surface area contributed by atoms with E-state index in [2.05, 4.69) is 15.0 Å². The highest BCUT2D eigenvalue weighted by Crippen LogP contribution is 2.29. The molecule has 1 heterocycles. The lowest BCUT2D eigenvalue weighted by Gasteiger charge is -2.02. The van der Waals surface area contributed by atoms with Crippen LogP contribution in [0.2, 0.25) is 0 Å². The van der Waals surface area contributed by atoms with Crippen molar-refractivity contribution in [2.45, 2.75) is 13.8 Å². The van der Waals surface area contributed by atoms with Crippen molar-refractivity contribution >= 4 is 40.6 Å². The second-order valence-electron chi connectivity index (χ2n) is 5.89. The molecule has 2 aromatic carbocycles. The second kappa shape index (κ2) is 7.58. The topological polar surface area (TPSA) is 67.8 Å². The van der Waals surface area contributed by atoms with Gasteiger partial charge in [0.2, 0.25) is 0 Å². The summed E-state index contributed by atoms with van der Waals surface area (Å²) in [6.07, 6.45) is 1.77. The smallest absolute Gasteiger partial charge is 0.337 e. The number of amidine groups is 1. The van der Waals surface area contributed by atoms with E-state index in [1.165, 1.54) is 18.9 Å². The van der Waals surface area contributed by atoms with Crippen molar-refractivity contribution in [3.63, 3.8) is 0 Å². The molecule has 1 aliphatic rings. The monoisotopic (exact) mass is 366 g/mol. The van der Waals surface area contributed by atoms with Crippen LogP contribution in [0, 0.1) is 13.8 Å². The first-order valence-corrected chi connectivity index (χ1v) is 8.83. The molecule has 3 rings (SSSR count). The fourth-order valence-electron chi connectivity index (χ4n) is 2.41. The van der Waals surface area contributed by atoms with E-state index < -0.39 is 0 Å². The van der Waals surface area contributed by atoms with Crippen LogP contribution < -0.4 is 5.32 Å².